The fourth-order valence-corrected chi connectivity index (χ4v) is 22.9. The molecule has 19 rings (SSSR count). The predicted molar refractivity (Wildman–Crippen MR) is 541 cm³/mol. The van der Waals surface area contributed by atoms with Crippen molar-refractivity contribution in [2.24, 2.45) is 47.3 Å². The molecule has 6 N–H and O–H groups in total. The Morgan fingerprint density at radius 3 is 1.18 bits per heavy atom. The number of hydrogen-bond acceptors (Lipinski definition) is 26. The number of carbonyl (C=O) groups excluding carboxylic acids is 3. The Labute approximate surface area is 833 Å². The van der Waals surface area contributed by atoms with Gasteiger partial charge in [-0.25, -0.2) is 0 Å². The van der Waals surface area contributed by atoms with E-state index in [1.165, 1.54) is 44.8 Å². The van der Waals surface area contributed by atoms with Crippen LogP contribution < -0.4 is 0 Å². The van der Waals surface area contributed by atoms with Crippen LogP contribution in [0.1, 0.15) is 207 Å². The van der Waals surface area contributed by atoms with E-state index in [0.717, 1.165) is 127 Å². The van der Waals surface area contributed by atoms with Gasteiger partial charge in [-0.2, -0.15) is 0 Å². The summed E-state index contributed by atoms with van der Waals surface area (Å²) in [6.45, 7) is 51.3. The first kappa shape index (κ1) is 119. The molecule has 3 unspecified atom stereocenters. The Hall–Kier alpha value is -4.04. The Morgan fingerprint density at radius 1 is 0.456 bits per heavy atom. The number of halogens is 2. The average molecular weight is 2080 g/mol. The van der Waals surface area contributed by atoms with E-state index in [2.05, 4.69) is 157 Å². The van der Waals surface area contributed by atoms with E-state index in [-0.39, 0.29) is 145 Å². The Kier molecular flexibility index (Phi) is 50.9. The summed E-state index contributed by atoms with van der Waals surface area (Å²) < 4.78 is 94.0. The highest BCUT2D eigenvalue weighted by Gasteiger charge is 2.57. The Morgan fingerprint density at radius 2 is 0.801 bits per heavy atom. The van der Waals surface area contributed by atoms with Crippen molar-refractivity contribution < 1.29 is 125 Å². The summed E-state index contributed by atoms with van der Waals surface area (Å²) in [7, 11) is -3.32. The fraction of sp³-hybridized carbons (Fsp3) is 0.764. The van der Waals surface area contributed by atoms with Crippen molar-refractivity contribution >= 4 is 66.4 Å². The lowest BCUT2D eigenvalue weighted by atomic mass is 9.88. The molecule has 8 aliphatic heterocycles. The van der Waals surface area contributed by atoms with Crippen LogP contribution in [0.2, 0.25) is 36.3 Å². The lowest BCUT2D eigenvalue weighted by molar-refractivity contribution is -0.148. The minimum atomic E-state index is -1.66. The summed E-state index contributed by atoms with van der Waals surface area (Å²) in [6, 6.07) is 0. The van der Waals surface area contributed by atoms with Gasteiger partial charge in [0.25, 0.3) is 0 Å². The molecule has 0 aromatic heterocycles. The number of esters is 3. The molecule has 8 heterocycles. The maximum Gasteiger partial charge on any atom is 0.303 e. The summed E-state index contributed by atoms with van der Waals surface area (Å²) in [6.07, 6.45) is 52.3. The quantitative estimate of drug-likeness (QED) is 0.0197. The van der Waals surface area contributed by atoms with Crippen LogP contribution in [-0.4, -0.2) is 288 Å². The second-order valence-electron chi connectivity index (χ2n) is 41.5. The maximum absolute atomic E-state index is 10.6. The third-order valence-corrected chi connectivity index (χ3v) is 39.3. The molecule has 0 aromatic carbocycles. The highest BCUT2D eigenvalue weighted by Crippen LogP contribution is 2.53. The van der Waals surface area contributed by atoms with Crippen LogP contribution in [0.3, 0.4) is 0 Å². The highest BCUT2D eigenvalue weighted by atomic mass is 79.9. The molecule has 0 radical (unpaired) electrons. The number of ether oxygens (including phenoxy) is 15. The van der Waals surface area contributed by atoms with Gasteiger partial charge in [-0.1, -0.05) is 199 Å². The lowest BCUT2D eigenvalue weighted by Gasteiger charge is -2.38. The van der Waals surface area contributed by atoms with E-state index in [0.29, 0.717) is 117 Å². The van der Waals surface area contributed by atoms with Gasteiger partial charge in [0, 0.05) is 152 Å². The number of carbonyl (C=O) groups is 3. The molecule has 12 fully saturated rings. The molecule has 0 aromatic rings. The Balaban J connectivity index is 0.000000204. The van der Waals surface area contributed by atoms with Crippen molar-refractivity contribution in [2.75, 3.05) is 70.1 Å². The fourth-order valence-electron chi connectivity index (χ4n) is 20.0. The molecule has 11 aliphatic carbocycles. The molecule has 33 atom stereocenters. The molecule has 774 valence electrons. The molecule has 19 aliphatic rings. The maximum atomic E-state index is 10.6. The van der Waals surface area contributed by atoms with Crippen molar-refractivity contribution in [2.45, 2.75) is 396 Å². The second kappa shape index (κ2) is 58.2. The summed E-state index contributed by atoms with van der Waals surface area (Å²) in [4.78, 5) is 31.5. The number of aliphatic hydroxyl groups excluding tert-OH is 6. The molecule has 0 bridgehead atoms. The standard InChI is InChI=1S/C12H18O3.C11H15BrO2.2C11H22O2Si.C10H14O2.C9H12O4.2C9H14O3.C8H13BrO2.C7H10O3.C5H6.C3H8.CH4/c1-3-13-11-4-8-9(15-11)5-10-12(8)7(2)6-14-10;1-3-6-13-10-4-5-11(7-10)14-9(2)8-12;2*1-11(2,3)14(4,5)13-10-7-6-9(12)8-10;1-6-5-12-9-4-8-7(10(6)9)2-3-11-8;1-6(10)12-8-3-4-9(5-8)13-7(2)11;2*10-6-4-12-8-3-7-5(9(6)8)1-2-11-7;1-6(5-9)11-8-3-2-7(10)4-8;1-5(8)10-7-3-2-6(9)4-7;1-2-4-5-3-1;1-3-2;/h8-12H,2-6H2,1H3;1,4-5,9-11H,6-8H2,2H3;2*6-7,9-10,12H,8H2,1-5H3;7-10H,1-5H2;3-4,8-9H,5H2,1-2H3;2*5-10H,1-4H2;2-3,6-8,10H,4-5H2,1H3;2-3,6-7,9H,4H2,1H3;1-4H,5H2;3H2,1-2H3;1H4/t8-,9-,10+,11?,12-;9?,10-,11+;9-,10+;9-,10-;7-,8-,9+,10-;8-,9+;5-,6+,7-,8+,9+;5-,6-,7-,8-,9-;6?,7-,8+;6-,7+;;;/m11011.1011.../s1. The molecule has 26 nitrogen and oxygen atoms in total. The number of terminal acetylenes is 1. The third kappa shape index (κ3) is 37.5. The summed E-state index contributed by atoms with van der Waals surface area (Å²) in [5.74, 6) is 5.87. The minimum Gasteiger partial charge on any atom is -0.458 e. The molecule has 0 spiro atoms. The number of hydrogen-bond donors (Lipinski definition) is 6. The van der Waals surface area contributed by atoms with Gasteiger partial charge < -0.3 is 111 Å². The molecule has 0 amide bonds. The molecular formula is C106H172Br2O26Si2. The van der Waals surface area contributed by atoms with Gasteiger partial charge in [0.15, 0.2) is 22.9 Å². The second-order valence-corrected chi connectivity index (χ2v) is 52.3. The van der Waals surface area contributed by atoms with Crippen molar-refractivity contribution in [3.8, 4) is 12.3 Å². The molecule has 4 saturated carbocycles. The van der Waals surface area contributed by atoms with Gasteiger partial charge in [0.05, 0.1) is 155 Å². The van der Waals surface area contributed by atoms with E-state index >= 15 is 0 Å². The smallest absolute Gasteiger partial charge is 0.303 e. The normalized spacial score (nSPS) is 36.8. The number of alkyl halides is 2. The number of rotatable bonds is 17. The zero-order chi connectivity index (χ0) is 99.1. The van der Waals surface area contributed by atoms with E-state index in [1.807, 2.05) is 63.3 Å². The zero-order valence-electron chi connectivity index (χ0n) is 84.0. The van der Waals surface area contributed by atoms with E-state index < -0.39 is 22.7 Å². The molecular weight excluding hydrogens is 1910 g/mol. The SMILES string of the molecule is C.C#CCO[C@@H]1C=C[C@H](OC(C)CBr)C1.C1=CCC=C1.C=C1CO[C@H]2C[C@H]3OC(OCC)C[C@H]3[C@@H]12.C=C1CO[C@H]2C[C@H]3OCC[C@H]3[C@@H]12.CC(=O)O[C@@H]1C=C[C@H](OC(C)=O)C1.CC(=O)O[C@H]1C=C[C@@H](O)C1.CC(C)(C)[Si](C)(C)O[C@@H]1C=C[C@@H](O)C1.CC(C)(C)[Si](C)(C)O[C@@H]1C=C[C@H](O)C1.CC(CBr)O[C@H]1C=C[C@@H](O)C1.CCC.O[C@H]1CO[C@H]2C[C@@H]3OCC[C@@H]3[C@H]21.O[C@H]1CO[C@H]2C[C@H]3OCC[C@H]3[C@H]21. The van der Waals surface area contributed by atoms with Crippen molar-refractivity contribution in [1.29, 1.82) is 0 Å². The van der Waals surface area contributed by atoms with Gasteiger partial charge in [-0.15, -0.1) is 6.42 Å². The number of fused-ring (bicyclic) bond motifs is 12. The van der Waals surface area contributed by atoms with Gasteiger partial charge in [-0.05, 0) is 136 Å². The van der Waals surface area contributed by atoms with Crippen LogP contribution in [0.4, 0.5) is 0 Å². The first-order chi connectivity index (χ1) is 64.0. The average Bonchev–Trinajstić information content (AvgIpc) is 1.63. The lowest BCUT2D eigenvalue weighted by Crippen LogP contribution is -2.43. The van der Waals surface area contributed by atoms with E-state index in [9.17, 15) is 34.8 Å². The Bertz CT molecular complexity index is 3760. The predicted octanol–water partition coefficient (Wildman–Crippen LogP) is 17.0. The van der Waals surface area contributed by atoms with Crippen molar-refractivity contribution in [1.82, 2.24) is 0 Å². The number of aliphatic hydroxyl groups is 6. The van der Waals surface area contributed by atoms with Crippen LogP contribution in [0, 0.1) is 59.7 Å². The largest absolute Gasteiger partial charge is 0.458 e. The van der Waals surface area contributed by atoms with Crippen LogP contribution >= 0.6 is 31.9 Å². The first-order valence-electron chi connectivity index (χ1n) is 49.8. The zero-order valence-corrected chi connectivity index (χ0v) is 89.1. The molecule has 8 saturated heterocycles. The van der Waals surface area contributed by atoms with Gasteiger partial charge in [0.1, 0.15) is 24.9 Å². The topological polar surface area (TPSA) is 330 Å². The van der Waals surface area contributed by atoms with Crippen LogP contribution in [0.5, 0.6) is 0 Å². The summed E-state index contributed by atoms with van der Waals surface area (Å²) >= 11 is 6.70. The monoisotopic (exact) mass is 2080 g/mol. The molecule has 30 heteroatoms. The van der Waals surface area contributed by atoms with Crippen LogP contribution in [0.15, 0.2) is 122 Å². The van der Waals surface area contributed by atoms with Crippen LogP contribution in [-0.2, 0) is 94.3 Å². The van der Waals surface area contributed by atoms with Crippen molar-refractivity contribution in [3.05, 3.63) is 122 Å². The highest BCUT2D eigenvalue weighted by molar-refractivity contribution is 9.09. The first-order valence-corrected chi connectivity index (χ1v) is 57.8. The van der Waals surface area contributed by atoms with E-state index in [1.54, 1.807) is 30.4 Å². The number of allylic oxidation sites excluding steroid dienone is 4. The third-order valence-electron chi connectivity index (χ3n) is 28.4. The van der Waals surface area contributed by atoms with Gasteiger partial charge in [-0.3, -0.25) is 14.4 Å². The van der Waals surface area contributed by atoms with Gasteiger partial charge >= 0.3 is 17.9 Å². The molecule has 136 heavy (non-hydrogen) atoms. The van der Waals surface area contributed by atoms with Crippen LogP contribution in [0.25, 0.3) is 0 Å². The minimum absolute atomic E-state index is 0. The van der Waals surface area contributed by atoms with Gasteiger partial charge in [0.2, 0.25) is 0 Å². The van der Waals surface area contributed by atoms with E-state index in [4.69, 9.17) is 96.5 Å². The van der Waals surface area contributed by atoms with Crippen molar-refractivity contribution in [3.63, 3.8) is 0 Å². The summed E-state index contributed by atoms with van der Waals surface area (Å²) in [5, 5.41) is 58.3. The summed E-state index contributed by atoms with van der Waals surface area (Å²) in [5.41, 5.74) is 2.56.